The molecule has 0 radical (unpaired) electrons. The summed E-state index contributed by atoms with van der Waals surface area (Å²) in [7, 11) is 4.62. The van der Waals surface area contributed by atoms with Gasteiger partial charge < -0.3 is 24.4 Å². The number of benzene rings is 2. The molecule has 0 unspecified atom stereocenters. The van der Waals surface area contributed by atoms with E-state index in [-0.39, 0.29) is 17.3 Å². The molecule has 0 spiro atoms. The number of hydrogen-bond donors (Lipinski definition) is 1. The molecule has 0 atom stereocenters. The van der Waals surface area contributed by atoms with Gasteiger partial charge in [-0.25, -0.2) is 13.4 Å². The maximum Gasteiger partial charge on any atom is 0.243 e. The van der Waals surface area contributed by atoms with Crippen LogP contribution in [-0.2, 0) is 32.7 Å². The van der Waals surface area contributed by atoms with Crippen molar-refractivity contribution in [2.75, 3.05) is 54.9 Å². The number of sulfonamides is 1. The number of amides is 2. The van der Waals surface area contributed by atoms with E-state index in [1.165, 1.54) is 19.1 Å². The van der Waals surface area contributed by atoms with Gasteiger partial charge in [-0.05, 0) is 68.9 Å². The molecule has 1 aromatic heterocycles. The van der Waals surface area contributed by atoms with E-state index in [0.717, 1.165) is 34.0 Å². The van der Waals surface area contributed by atoms with Gasteiger partial charge in [0.05, 0.1) is 42.5 Å². The molecule has 1 heterocycles. The Morgan fingerprint density at radius 3 is 2.33 bits per heavy atom. The minimum Gasteiger partial charge on any atom is -0.497 e. The summed E-state index contributed by atoms with van der Waals surface area (Å²) >= 11 is 0. The molecule has 3 rings (SSSR count). The third-order valence-corrected chi connectivity index (χ3v) is 8.57. The number of carbonyl (C=O) groups is 2. The molecule has 2 amide bonds. The molecule has 0 aliphatic carbocycles. The number of nitrogens with one attached hydrogen (secondary N) is 1. The van der Waals surface area contributed by atoms with Crippen LogP contribution in [0.4, 0.5) is 0 Å². The van der Waals surface area contributed by atoms with Gasteiger partial charge in [-0.1, -0.05) is 6.07 Å². The van der Waals surface area contributed by atoms with Crippen LogP contribution in [0.3, 0.4) is 0 Å². The number of imidazole rings is 1. The second-order valence-corrected chi connectivity index (χ2v) is 11.9. The van der Waals surface area contributed by atoms with Crippen molar-refractivity contribution in [1.29, 1.82) is 0 Å². The molecular weight excluding hydrogens is 520 g/mol. The number of aromatic nitrogens is 2. The average Bonchev–Trinajstić information content (AvgIpc) is 3.27. The molecule has 0 aliphatic rings. The van der Waals surface area contributed by atoms with Gasteiger partial charge in [0.2, 0.25) is 21.8 Å². The molecule has 0 saturated carbocycles. The molecule has 0 fully saturated rings. The molecular formula is C27H38N6O5S. The van der Waals surface area contributed by atoms with Gasteiger partial charge >= 0.3 is 0 Å². The van der Waals surface area contributed by atoms with E-state index in [1.54, 1.807) is 33.0 Å². The average molecular weight is 559 g/mol. The van der Waals surface area contributed by atoms with Crippen molar-refractivity contribution in [3.8, 4) is 5.75 Å². The van der Waals surface area contributed by atoms with Crippen molar-refractivity contribution in [2.45, 2.75) is 31.8 Å². The zero-order chi connectivity index (χ0) is 28.9. The van der Waals surface area contributed by atoms with Crippen molar-refractivity contribution in [1.82, 2.24) is 29.0 Å². The fourth-order valence-corrected chi connectivity index (χ4v) is 5.83. The van der Waals surface area contributed by atoms with Gasteiger partial charge in [-0.3, -0.25) is 9.59 Å². The molecule has 2 aromatic carbocycles. The van der Waals surface area contributed by atoms with Gasteiger partial charge in [-0.15, -0.1) is 0 Å². The number of ether oxygens (including phenoxy) is 1. The van der Waals surface area contributed by atoms with Crippen LogP contribution in [0.25, 0.3) is 11.0 Å². The summed E-state index contributed by atoms with van der Waals surface area (Å²) < 4.78 is 34.6. The lowest BCUT2D eigenvalue weighted by Gasteiger charge is -2.21. The predicted molar refractivity (Wildman–Crippen MR) is 150 cm³/mol. The van der Waals surface area contributed by atoms with Gasteiger partial charge in [0.15, 0.2) is 0 Å². The Balaban J connectivity index is 1.55. The van der Waals surface area contributed by atoms with Crippen LogP contribution in [0, 0.1) is 13.8 Å². The fraction of sp³-hybridized carbons (Fsp3) is 0.444. The molecule has 212 valence electrons. The maximum atomic E-state index is 13.1. The number of nitrogens with zero attached hydrogens (tertiary/aromatic N) is 5. The largest absolute Gasteiger partial charge is 0.497 e. The van der Waals surface area contributed by atoms with Crippen LogP contribution in [0.1, 0.15) is 16.7 Å². The van der Waals surface area contributed by atoms with Crippen LogP contribution < -0.4 is 10.1 Å². The zero-order valence-electron chi connectivity index (χ0n) is 23.7. The van der Waals surface area contributed by atoms with Gasteiger partial charge in [0.1, 0.15) is 5.75 Å². The first-order valence-corrected chi connectivity index (χ1v) is 14.0. The predicted octanol–water partition coefficient (Wildman–Crippen LogP) is 1.62. The Morgan fingerprint density at radius 2 is 1.72 bits per heavy atom. The van der Waals surface area contributed by atoms with E-state index >= 15 is 0 Å². The maximum absolute atomic E-state index is 13.1. The lowest BCUT2D eigenvalue weighted by Crippen LogP contribution is -2.43. The molecule has 0 saturated heterocycles. The Labute approximate surface area is 230 Å². The summed E-state index contributed by atoms with van der Waals surface area (Å²) in [6.45, 7) is 4.77. The van der Waals surface area contributed by atoms with Crippen molar-refractivity contribution in [3.63, 3.8) is 0 Å². The third kappa shape index (κ3) is 7.34. The monoisotopic (exact) mass is 558 g/mol. The Kier molecular flexibility index (Phi) is 9.70. The number of carbonyl (C=O) groups excluding carboxylic acids is 2. The first kappa shape index (κ1) is 30.1. The van der Waals surface area contributed by atoms with Gasteiger partial charge in [0.25, 0.3) is 0 Å². The number of aryl methyl sites for hydroxylation is 2. The summed E-state index contributed by atoms with van der Waals surface area (Å²) in [5, 5.41) is 2.53. The molecule has 1 N–H and O–H groups in total. The van der Waals surface area contributed by atoms with E-state index in [1.807, 2.05) is 38.6 Å². The van der Waals surface area contributed by atoms with Crippen molar-refractivity contribution in [3.05, 3.63) is 53.3 Å². The lowest BCUT2D eigenvalue weighted by atomic mass is 10.1. The number of fused-ring (bicyclic) bond motifs is 1. The minimum atomic E-state index is -3.93. The highest BCUT2D eigenvalue weighted by Crippen LogP contribution is 2.27. The lowest BCUT2D eigenvalue weighted by molar-refractivity contribution is -0.132. The summed E-state index contributed by atoms with van der Waals surface area (Å²) in [5.74, 6) is -0.315. The minimum absolute atomic E-state index is 0.133. The quantitative estimate of drug-likeness (QED) is 0.359. The molecule has 12 heteroatoms. The summed E-state index contributed by atoms with van der Waals surface area (Å²) in [4.78, 5) is 33.4. The molecule has 11 nitrogen and oxygen atoms in total. The van der Waals surface area contributed by atoms with E-state index in [0.29, 0.717) is 23.4 Å². The van der Waals surface area contributed by atoms with E-state index in [4.69, 9.17) is 4.74 Å². The van der Waals surface area contributed by atoms with E-state index in [9.17, 15) is 18.0 Å². The van der Waals surface area contributed by atoms with Crippen molar-refractivity contribution >= 4 is 32.9 Å². The zero-order valence-corrected chi connectivity index (χ0v) is 24.5. The summed E-state index contributed by atoms with van der Waals surface area (Å²) in [6.07, 6.45) is 1.82. The highest BCUT2D eigenvalue weighted by molar-refractivity contribution is 7.89. The molecule has 0 bridgehead atoms. The van der Waals surface area contributed by atoms with Crippen LogP contribution >= 0.6 is 0 Å². The number of rotatable bonds is 12. The Bertz CT molecular complexity index is 1430. The van der Waals surface area contributed by atoms with Crippen molar-refractivity contribution < 1.29 is 22.7 Å². The normalized spacial score (nSPS) is 11.8. The van der Waals surface area contributed by atoms with Crippen LogP contribution in [-0.4, -0.2) is 98.8 Å². The second kappa shape index (κ2) is 12.6. The number of methoxy groups -OCH3 is 1. The number of likely N-dealkylation sites (N-methyl/N-ethyl adjacent to an activating group) is 3. The first-order valence-electron chi connectivity index (χ1n) is 12.5. The van der Waals surface area contributed by atoms with Crippen LogP contribution in [0.5, 0.6) is 5.75 Å². The van der Waals surface area contributed by atoms with E-state index in [2.05, 4.69) is 19.8 Å². The first-order chi connectivity index (χ1) is 18.3. The molecule has 0 aliphatic heterocycles. The standard InChI is InChI=1S/C27H38N6O5S/c1-19-12-22(38-7)13-20(2)27(19)39(36,37)32(6)17-25(34)28-15-26(35)31(5)16-21-8-9-24-23(14-21)29-18-33(24)11-10-30(3)4/h8-9,12-14,18H,10-11,15-17H2,1-7H3,(H,28,34). The Hall–Kier alpha value is -3.48. The Morgan fingerprint density at radius 1 is 1.05 bits per heavy atom. The molecule has 3 aromatic rings. The van der Waals surface area contributed by atoms with Gasteiger partial charge in [-0.2, -0.15) is 4.31 Å². The summed E-state index contributed by atoms with van der Waals surface area (Å²) in [6, 6.07) is 9.18. The highest BCUT2D eigenvalue weighted by Gasteiger charge is 2.27. The fourth-order valence-electron chi connectivity index (χ4n) is 4.30. The highest BCUT2D eigenvalue weighted by atomic mass is 32.2. The summed E-state index contributed by atoms with van der Waals surface area (Å²) in [5.41, 5.74) is 3.84. The second-order valence-electron chi connectivity index (χ2n) is 9.94. The molecule has 39 heavy (non-hydrogen) atoms. The van der Waals surface area contributed by atoms with Gasteiger partial charge in [0, 0.05) is 33.7 Å². The third-order valence-electron chi connectivity index (χ3n) is 6.46. The topological polar surface area (TPSA) is 117 Å². The smallest absolute Gasteiger partial charge is 0.243 e. The number of hydrogen-bond acceptors (Lipinski definition) is 7. The van der Waals surface area contributed by atoms with Crippen LogP contribution in [0.15, 0.2) is 41.6 Å². The van der Waals surface area contributed by atoms with E-state index < -0.39 is 22.5 Å². The SMILES string of the molecule is COc1cc(C)c(S(=O)(=O)N(C)CC(=O)NCC(=O)N(C)Cc2ccc3c(c2)ncn3CCN(C)C)c(C)c1. The van der Waals surface area contributed by atoms with Crippen molar-refractivity contribution in [2.24, 2.45) is 0 Å². The van der Waals surface area contributed by atoms with Crippen LogP contribution in [0.2, 0.25) is 0 Å².